The number of allylic oxidation sites excluding steroid dienone is 1. The van der Waals surface area contributed by atoms with Crippen LogP contribution >= 0.6 is 11.6 Å². The Morgan fingerprint density at radius 1 is 1.36 bits per heavy atom. The topological polar surface area (TPSA) is 80.1 Å². The Morgan fingerprint density at radius 2 is 2.20 bits per heavy atom. The van der Waals surface area contributed by atoms with Gasteiger partial charge in [0.1, 0.15) is 5.15 Å². The summed E-state index contributed by atoms with van der Waals surface area (Å²) >= 11 is 5.93. The first-order valence-corrected chi connectivity index (χ1v) is 8.70. The molecule has 1 saturated heterocycles. The van der Waals surface area contributed by atoms with Crippen molar-refractivity contribution in [2.75, 3.05) is 26.4 Å². The largest absolute Gasteiger partial charge is 0.388 e. The second-order valence-corrected chi connectivity index (χ2v) is 6.16. The quantitative estimate of drug-likeness (QED) is 0.450. The molecule has 1 aliphatic heterocycles. The second-order valence-electron chi connectivity index (χ2n) is 5.78. The highest BCUT2D eigenvalue weighted by atomic mass is 35.5. The summed E-state index contributed by atoms with van der Waals surface area (Å²) in [7, 11) is 0. The predicted molar refractivity (Wildman–Crippen MR) is 99.1 cm³/mol. The fourth-order valence-electron chi connectivity index (χ4n) is 2.66. The zero-order valence-corrected chi connectivity index (χ0v) is 14.6. The molecule has 3 rings (SSSR count). The van der Waals surface area contributed by atoms with Gasteiger partial charge in [-0.05, 0) is 31.0 Å². The maximum Gasteiger partial charge on any atom is 0.129 e. The Balaban J connectivity index is 1.57. The van der Waals surface area contributed by atoms with Gasteiger partial charge in [-0.3, -0.25) is 4.98 Å². The van der Waals surface area contributed by atoms with Gasteiger partial charge in [0.05, 0.1) is 23.7 Å². The lowest BCUT2D eigenvalue weighted by atomic mass is 10.1. The number of nitrogens with zero attached hydrogens (tertiary/aromatic N) is 2. The van der Waals surface area contributed by atoms with Crippen LogP contribution in [0.4, 0.5) is 0 Å². The molecule has 25 heavy (non-hydrogen) atoms. The van der Waals surface area contributed by atoms with Crippen molar-refractivity contribution in [2.45, 2.75) is 18.9 Å². The zero-order valence-electron chi connectivity index (χ0n) is 13.9. The van der Waals surface area contributed by atoms with Gasteiger partial charge in [0.25, 0.3) is 0 Å². The third-order valence-electron chi connectivity index (χ3n) is 4.02. The number of aromatic nitrogens is 2. The Morgan fingerprint density at radius 3 is 3.00 bits per heavy atom. The lowest BCUT2D eigenvalue weighted by molar-refractivity contribution is -0.0300. The van der Waals surface area contributed by atoms with Gasteiger partial charge >= 0.3 is 0 Å². The predicted octanol–water partition coefficient (Wildman–Crippen LogP) is 3.06. The molecule has 0 atom stereocenters. The van der Waals surface area contributed by atoms with Crippen molar-refractivity contribution in [1.82, 2.24) is 15.3 Å². The molecule has 0 spiro atoms. The average molecular weight is 361 g/mol. The van der Waals surface area contributed by atoms with Crippen molar-refractivity contribution in [2.24, 2.45) is 0 Å². The highest BCUT2D eigenvalue weighted by Crippen LogP contribution is 2.18. The first kappa shape index (κ1) is 17.8. The standard InChI is InChI=1S/C18H21ClN4O2/c19-18-2-1-16-17(23-18)9-13(12-22-16)14(10-20)11-21-5-8-25-15-3-6-24-7-4-15/h1-2,9-12,15,20-21H,3-8H2/b14-11+,20-10?. The van der Waals surface area contributed by atoms with E-state index in [1.54, 1.807) is 18.5 Å². The molecule has 132 valence electrons. The number of fused-ring (bicyclic) bond motifs is 1. The molecule has 6 nitrogen and oxygen atoms in total. The molecule has 2 N–H and O–H groups in total. The van der Waals surface area contributed by atoms with E-state index in [9.17, 15) is 0 Å². The van der Waals surface area contributed by atoms with Crippen LogP contribution in [0.5, 0.6) is 0 Å². The highest BCUT2D eigenvalue weighted by molar-refractivity contribution is 6.29. The van der Waals surface area contributed by atoms with E-state index in [0.717, 1.165) is 42.7 Å². The summed E-state index contributed by atoms with van der Waals surface area (Å²) in [5, 5.41) is 11.3. The van der Waals surface area contributed by atoms with Gasteiger partial charge in [0.2, 0.25) is 0 Å². The number of hydrogen-bond donors (Lipinski definition) is 2. The van der Waals surface area contributed by atoms with E-state index in [-0.39, 0.29) is 0 Å². The zero-order chi connectivity index (χ0) is 17.5. The van der Waals surface area contributed by atoms with Gasteiger partial charge in [-0.1, -0.05) is 11.6 Å². The van der Waals surface area contributed by atoms with Crippen LogP contribution in [0.15, 0.2) is 30.6 Å². The summed E-state index contributed by atoms with van der Waals surface area (Å²) < 4.78 is 11.1. The van der Waals surface area contributed by atoms with Crippen LogP contribution in [-0.4, -0.2) is 48.7 Å². The number of pyridine rings is 2. The van der Waals surface area contributed by atoms with E-state index in [1.807, 2.05) is 12.1 Å². The minimum Gasteiger partial charge on any atom is -0.388 e. The summed E-state index contributed by atoms with van der Waals surface area (Å²) in [6.07, 6.45) is 7.03. The Kier molecular flexibility index (Phi) is 6.33. The van der Waals surface area contributed by atoms with Gasteiger partial charge in [0, 0.05) is 49.5 Å². The Bertz CT molecular complexity index is 760. The van der Waals surface area contributed by atoms with Crippen LogP contribution in [0, 0.1) is 5.41 Å². The van der Waals surface area contributed by atoms with Gasteiger partial charge < -0.3 is 20.2 Å². The van der Waals surface area contributed by atoms with Crippen LogP contribution in [0.2, 0.25) is 5.15 Å². The number of nitrogens with one attached hydrogen (secondary N) is 2. The number of ether oxygens (including phenoxy) is 2. The lowest BCUT2D eigenvalue weighted by Gasteiger charge is -2.22. The molecular weight excluding hydrogens is 340 g/mol. The van der Waals surface area contributed by atoms with Gasteiger partial charge in [-0.25, -0.2) is 4.98 Å². The van der Waals surface area contributed by atoms with Crippen molar-refractivity contribution in [1.29, 1.82) is 5.41 Å². The summed E-state index contributed by atoms with van der Waals surface area (Å²) in [6.45, 7) is 2.87. The van der Waals surface area contributed by atoms with Gasteiger partial charge in [-0.15, -0.1) is 0 Å². The van der Waals surface area contributed by atoms with Crippen LogP contribution in [0.1, 0.15) is 18.4 Å². The van der Waals surface area contributed by atoms with Crippen molar-refractivity contribution >= 4 is 34.4 Å². The molecule has 0 radical (unpaired) electrons. The summed E-state index contributed by atoms with van der Waals surface area (Å²) in [5.41, 5.74) is 3.02. The van der Waals surface area contributed by atoms with Crippen molar-refractivity contribution in [3.8, 4) is 0 Å². The molecule has 3 heterocycles. The summed E-state index contributed by atoms with van der Waals surface area (Å²) in [5.74, 6) is 0. The van der Waals surface area contributed by atoms with Gasteiger partial charge in [-0.2, -0.15) is 0 Å². The molecule has 0 unspecified atom stereocenters. The molecule has 0 amide bonds. The monoisotopic (exact) mass is 360 g/mol. The minimum atomic E-state index is 0.294. The van der Waals surface area contributed by atoms with E-state index in [1.165, 1.54) is 6.21 Å². The Hall–Kier alpha value is -2.02. The third-order valence-corrected chi connectivity index (χ3v) is 4.23. The molecule has 1 aliphatic rings. The molecule has 0 aliphatic carbocycles. The van der Waals surface area contributed by atoms with E-state index < -0.39 is 0 Å². The summed E-state index contributed by atoms with van der Waals surface area (Å²) in [6, 6.07) is 5.42. The van der Waals surface area contributed by atoms with Crippen LogP contribution in [-0.2, 0) is 9.47 Å². The molecule has 2 aromatic heterocycles. The molecule has 2 aromatic rings. The normalized spacial score (nSPS) is 16.1. The molecule has 7 heteroatoms. The van der Waals surface area contributed by atoms with E-state index in [4.69, 9.17) is 26.5 Å². The maximum atomic E-state index is 7.64. The molecule has 1 fully saturated rings. The molecule has 0 bridgehead atoms. The summed E-state index contributed by atoms with van der Waals surface area (Å²) in [4.78, 5) is 8.63. The highest BCUT2D eigenvalue weighted by Gasteiger charge is 2.13. The van der Waals surface area contributed by atoms with Crippen molar-refractivity contribution in [3.05, 3.63) is 41.3 Å². The lowest BCUT2D eigenvalue weighted by Crippen LogP contribution is -2.26. The van der Waals surface area contributed by atoms with Crippen LogP contribution < -0.4 is 5.32 Å². The van der Waals surface area contributed by atoms with E-state index in [2.05, 4.69) is 15.3 Å². The van der Waals surface area contributed by atoms with Crippen LogP contribution in [0.3, 0.4) is 0 Å². The average Bonchev–Trinajstić information content (AvgIpc) is 2.65. The van der Waals surface area contributed by atoms with E-state index >= 15 is 0 Å². The maximum absolute atomic E-state index is 7.64. The first-order valence-electron chi connectivity index (χ1n) is 8.32. The fraction of sp³-hybridized carbons (Fsp3) is 0.389. The second kappa shape index (κ2) is 8.89. The van der Waals surface area contributed by atoms with Crippen LogP contribution in [0.25, 0.3) is 16.6 Å². The molecule has 0 saturated carbocycles. The third kappa shape index (κ3) is 4.98. The van der Waals surface area contributed by atoms with Crippen molar-refractivity contribution < 1.29 is 9.47 Å². The van der Waals surface area contributed by atoms with E-state index in [0.29, 0.717) is 29.9 Å². The Labute approximate surface area is 151 Å². The SMILES string of the molecule is N=C/C(=C\NCCOC1CCOCC1)c1cnc2ccc(Cl)nc2c1. The number of halogens is 1. The number of hydrogen-bond acceptors (Lipinski definition) is 6. The smallest absolute Gasteiger partial charge is 0.129 e. The minimum absolute atomic E-state index is 0.294. The number of rotatable bonds is 7. The van der Waals surface area contributed by atoms with Gasteiger partial charge in [0.15, 0.2) is 0 Å². The first-order chi connectivity index (χ1) is 12.3. The van der Waals surface area contributed by atoms with Crippen molar-refractivity contribution in [3.63, 3.8) is 0 Å². The fourth-order valence-corrected chi connectivity index (χ4v) is 2.81. The molecular formula is C18H21ClN4O2. The molecule has 0 aromatic carbocycles.